The Labute approximate surface area is 113 Å². The number of esters is 1. The van der Waals surface area contributed by atoms with E-state index in [9.17, 15) is 14.9 Å². The van der Waals surface area contributed by atoms with Gasteiger partial charge in [-0.3, -0.25) is 10.1 Å². The van der Waals surface area contributed by atoms with Crippen molar-refractivity contribution in [2.45, 2.75) is 26.9 Å². The first-order valence-corrected chi connectivity index (χ1v) is 6.27. The first-order valence-electron chi connectivity index (χ1n) is 5.48. The molecule has 5 nitrogen and oxygen atoms in total. The van der Waals surface area contributed by atoms with Crippen molar-refractivity contribution in [2.75, 3.05) is 0 Å². The maximum atomic E-state index is 11.9. The highest BCUT2D eigenvalue weighted by Crippen LogP contribution is 2.29. The number of carbonyl (C=O) groups excluding carboxylic acids is 1. The average molecular weight is 316 g/mol. The number of nitro groups is 1. The molecule has 0 fully saturated rings. The molecule has 1 unspecified atom stereocenters. The molecule has 0 saturated carbocycles. The Morgan fingerprint density at radius 2 is 2.00 bits per heavy atom. The van der Waals surface area contributed by atoms with Crippen LogP contribution in [-0.2, 0) is 4.74 Å². The molecule has 1 aromatic carbocycles. The van der Waals surface area contributed by atoms with Gasteiger partial charge in [0.15, 0.2) is 0 Å². The van der Waals surface area contributed by atoms with Crippen LogP contribution in [-0.4, -0.2) is 17.0 Å². The van der Waals surface area contributed by atoms with Gasteiger partial charge in [0.05, 0.1) is 10.5 Å². The Morgan fingerprint density at radius 1 is 1.39 bits per heavy atom. The lowest BCUT2D eigenvalue weighted by Crippen LogP contribution is -2.20. The highest BCUT2D eigenvalue weighted by atomic mass is 79.9. The molecule has 0 saturated heterocycles. The lowest BCUT2D eigenvalue weighted by Gasteiger charge is -2.16. The third-order valence-electron chi connectivity index (χ3n) is 2.63. The van der Waals surface area contributed by atoms with E-state index in [1.807, 2.05) is 13.8 Å². The number of nitrogens with zero attached hydrogens (tertiary/aromatic N) is 1. The van der Waals surface area contributed by atoms with E-state index in [4.69, 9.17) is 4.74 Å². The van der Waals surface area contributed by atoms with Gasteiger partial charge in [-0.15, -0.1) is 0 Å². The number of nitro benzene ring substituents is 1. The lowest BCUT2D eigenvalue weighted by molar-refractivity contribution is -0.385. The predicted molar refractivity (Wildman–Crippen MR) is 70.5 cm³/mol. The summed E-state index contributed by atoms with van der Waals surface area (Å²) in [6.07, 6.45) is -0.247. The molecule has 1 atom stereocenters. The summed E-state index contributed by atoms with van der Waals surface area (Å²) in [7, 11) is 0. The molecule has 0 bridgehead atoms. The summed E-state index contributed by atoms with van der Waals surface area (Å²) in [4.78, 5) is 22.1. The highest BCUT2D eigenvalue weighted by Gasteiger charge is 2.22. The van der Waals surface area contributed by atoms with E-state index in [0.717, 1.165) is 0 Å². The first kappa shape index (κ1) is 14.6. The normalized spacial score (nSPS) is 12.3. The van der Waals surface area contributed by atoms with Crippen LogP contribution in [0.4, 0.5) is 5.69 Å². The van der Waals surface area contributed by atoms with Crippen molar-refractivity contribution in [3.8, 4) is 0 Å². The summed E-state index contributed by atoms with van der Waals surface area (Å²) in [5.74, 6) is -0.377. The minimum absolute atomic E-state index is 0.149. The van der Waals surface area contributed by atoms with Crippen molar-refractivity contribution in [2.24, 2.45) is 5.92 Å². The molecular weight excluding hydrogens is 302 g/mol. The molecule has 0 heterocycles. The van der Waals surface area contributed by atoms with Gasteiger partial charge in [0.1, 0.15) is 10.6 Å². The molecule has 1 aromatic rings. The van der Waals surface area contributed by atoms with Crippen molar-refractivity contribution < 1.29 is 14.5 Å². The molecule has 0 aliphatic carbocycles. The van der Waals surface area contributed by atoms with Gasteiger partial charge in [0.25, 0.3) is 5.69 Å². The average Bonchev–Trinajstić information content (AvgIpc) is 2.28. The van der Waals surface area contributed by atoms with Gasteiger partial charge in [0.2, 0.25) is 0 Å². The zero-order valence-corrected chi connectivity index (χ0v) is 11.9. The number of hydrogen-bond acceptors (Lipinski definition) is 4. The van der Waals surface area contributed by atoms with Gasteiger partial charge >= 0.3 is 5.97 Å². The van der Waals surface area contributed by atoms with Crippen molar-refractivity contribution in [1.29, 1.82) is 0 Å². The lowest BCUT2D eigenvalue weighted by atomic mass is 10.1. The fourth-order valence-corrected chi connectivity index (χ4v) is 1.76. The van der Waals surface area contributed by atoms with Gasteiger partial charge in [0, 0.05) is 6.07 Å². The van der Waals surface area contributed by atoms with Crippen LogP contribution in [0.25, 0.3) is 0 Å². The second-order valence-corrected chi connectivity index (χ2v) is 5.04. The van der Waals surface area contributed by atoms with Crippen molar-refractivity contribution in [3.63, 3.8) is 0 Å². The highest BCUT2D eigenvalue weighted by molar-refractivity contribution is 9.10. The third-order valence-corrected chi connectivity index (χ3v) is 3.46. The van der Waals surface area contributed by atoms with E-state index in [1.165, 1.54) is 18.2 Å². The second-order valence-electron chi connectivity index (χ2n) is 4.25. The van der Waals surface area contributed by atoms with Crippen LogP contribution in [0, 0.1) is 16.0 Å². The number of rotatable bonds is 4. The molecule has 0 N–H and O–H groups in total. The Kier molecular flexibility index (Phi) is 4.84. The van der Waals surface area contributed by atoms with Gasteiger partial charge in [-0.05, 0) is 34.8 Å². The molecule has 6 heteroatoms. The second kappa shape index (κ2) is 5.95. The van der Waals surface area contributed by atoms with Gasteiger partial charge in [-0.1, -0.05) is 19.9 Å². The zero-order valence-electron chi connectivity index (χ0n) is 10.3. The third kappa shape index (κ3) is 3.29. The Balaban J connectivity index is 3.00. The molecule has 0 aliphatic rings. The van der Waals surface area contributed by atoms with Crippen molar-refractivity contribution in [3.05, 3.63) is 38.3 Å². The number of halogens is 1. The van der Waals surface area contributed by atoms with Gasteiger partial charge in [-0.2, -0.15) is 0 Å². The summed E-state index contributed by atoms with van der Waals surface area (Å²) in [5, 5.41) is 10.8. The maximum Gasteiger partial charge on any atom is 0.339 e. The first-order chi connectivity index (χ1) is 8.34. The molecule has 0 aliphatic heterocycles. The number of carbonyl (C=O) groups is 1. The van der Waals surface area contributed by atoms with Crippen LogP contribution in [0.15, 0.2) is 22.7 Å². The van der Waals surface area contributed by atoms with Gasteiger partial charge in [-0.25, -0.2) is 4.79 Å². The zero-order chi connectivity index (χ0) is 13.9. The maximum absolute atomic E-state index is 11.9. The molecule has 0 amide bonds. The molecule has 0 radical (unpaired) electrons. The molecule has 0 spiro atoms. The van der Waals surface area contributed by atoms with Crippen LogP contribution in [0.3, 0.4) is 0 Å². The van der Waals surface area contributed by atoms with Crippen LogP contribution in [0.1, 0.15) is 31.1 Å². The predicted octanol–water partition coefficient (Wildman–Crippen LogP) is 3.56. The van der Waals surface area contributed by atoms with E-state index in [-0.39, 0.29) is 27.7 Å². The smallest absolute Gasteiger partial charge is 0.339 e. The minimum atomic E-state index is -0.563. The fraction of sp³-hybridized carbons (Fsp3) is 0.417. The fourth-order valence-electron chi connectivity index (χ4n) is 1.19. The minimum Gasteiger partial charge on any atom is -0.459 e. The van der Waals surface area contributed by atoms with Gasteiger partial charge < -0.3 is 4.74 Å². The summed E-state index contributed by atoms with van der Waals surface area (Å²) in [6, 6.07) is 4.28. The largest absolute Gasteiger partial charge is 0.459 e. The molecule has 0 aromatic heterocycles. The van der Waals surface area contributed by atoms with Crippen molar-refractivity contribution >= 4 is 27.6 Å². The standard InChI is InChI=1S/C12H14BrNO4/c1-7(2)8(3)18-12(15)9-5-4-6-10(11(9)13)14(16)17/h4-8H,1-3H3. The summed E-state index contributed by atoms with van der Waals surface area (Å²) in [5.41, 5.74) is 0.0124. The Morgan fingerprint density at radius 3 is 2.50 bits per heavy atom. The SMILES string of the molecule is CC(C)C(C)OC(=O)c1cccc([N+](=O)[O-])c1Br. The summed E-state index contributed by atoms with van der Waals surface area (Å²) < 4.78 is 5.37. The van der Waals surface area contributed by atoms with Crippen LogP contribution >= 0.6 is 15.9 Å². The monoisotopic (exact) mass is 315 g/mol. The van der Waals surface area contributed by atoms with Crippen molar-refractivity contribution in [1.82, 2.24) is 0 Å². The summed E-state index contributed by atoms with van der Waals surface area (Å²) >= 11 is 3.07. The van der Waals surface area contributed by atoms with E-state index < -0.39 is 10.9 Å². The van der Waals surface area contributed by atoms with E-state index in [1.54, 1.807) is 6.92 Å². The van der Waals surface area contributed by atoms with E-state index >= 15 is 0 Å². The number of hydrogen-bond donors (Lipinski definition) is 0. The van der Waals surface area contributed by atoms with Crippen LogP contribution in [0.5, 0.6) is 0 Å². The number of ether oxygens (including phenoxy) is 1. The summed E-state index contributed by atoms with van der Waals surface area (Å²) in [6.45, 7) is 5.65. The Hall–Kier alpha value is -1.43. The Bertz CT molecular complexity index is 473. The quantitative estimate of drug-likeness (QED) is 0.484. The topological polar surface area (TPSA) is 69.4 Å². The van der Waals surface area contributed by atoms with Crippen LogP contribution in [0.2, 0.25) is 0 Å². The molecule has 98 valence electrons. The number of benzene rings is 1. The molecular formula is C12H14BrNO4. The molecule has 18 heavy (non-hydrogen) atoms. The van der Waals surface area contributed by atoms with E-state index in [2.05, 4.69) is 15.9 Å². The molecule has 1 rings (SSSR count). The van der Waals surface area contributed by atoms with Crippen LogP contribution < -0.4 is 0 Å². The van der Waals surface area contributed by atoms with E-state index in [0.29, 0.717) is 0 Å².